The first-order chi connectivity index (χ1) is 72.8. The summed E-state index contributed by atoms with van der Waals surface area (Å²) in [5.74, 6) is 8.24. The summed E-state index contributed by atoms with van der Waals surface area (Å²) in [7, 11) is 1.69. The summed E-state index contributed by atoms with van der Waals surface area (Å²) in [4.78, 5) is 68.0. The normalized spacial score (nSPS) is 25.1. The highest BCUT2D eigenvalue weighted by molar-refractivity contribution is 5.97. The number of fused-ring (bicyclic) bond motifs is 17. The molecule has 4 amide bonds. The van der Waals surface area contributed by atoms with Gasteiger partial charge in [0.05, 0.1) is 13.7 Å². The molecule has 8 fully saturated rings. The molecule has 12 atom stereocenters. The van der Waals surface area contributed by atoms with Crippen LogP contribution in [-0.4, -0.2) is 165 Å². The van der Waals surface area contributed by atoms with Crippen molar-refractivity contribution in [1.29, 1.82) is 0 Å². The van der Waals surface area contributed by atoms with Crippen molar-refractivity contribution in [3.05, 3.63) is 361 Å². The van der Waals surface area contributed by atoms with Crippen molar-refractivity contribution in [3.8, 4) is 56.0 Å². The Bertz CT molecular complexity index is 6850. The third kappa shape index (κ3) is 22.3. The van der Waals surface area contributed by atoms with Crippen LogP contribution < -0.4 is 30.7 Å². The van der Waals surface area contributed by atoms with Crippen molar-refractivity contribution in [3.63, 3.8) is 0 Å². The number of aromatic nitrogens is 1. The first-order valence-corrected chi connectivity index (χ1v) is 57.2. The number of likely N-dealkylation sites (tertiary alicyclic amines) is 4. The van der Waals surface area contributed by atoms with Crippen LogP contribution in [-0.2, 0) is 79.4 Å². The smallest absolute Gasteiger partial charge is 0.251 e. The maximum atomic E-state index is 13.2. The number of benzene rings is 11. The van der Waals surface area contributed by atoms with Gasteiger partial charge in [0.2, 0.25) is 0 Å². The van der Waals surface area contributed by atoms with E-state index >= 15 is 0 Å². The minimum Gasteiger partial charge on any atom is -0.497 e. The summed E-state index contributed by atoms with van der Waals surface area (Å²) in [6.45, 7) is 34.8. The van der Waals surface area contributed by atoms with E-state index in [4.69, 9.17) is 9.47 Å². The number of nitrogens with zero attached hydrogens (tertiary/aromatic N) is 5. The highest BCUT2D eigenvalue weighted by atomic mass is 16.5. The molecule has 11 aromatic carbocycles. The average Bonchev–Trinajstić information content (AvgIpc) is 1.29. The van der Waals surface area contributed by atoms with Crippen LogP contribution in [0.4, 0.5) is 0 Å². The third-order valence-electron chi connectivity index (χ3n) is 38.7. The van der Waals surface area contributed by atoms with Gasteiger partial charge in [0.1, 0.15) is 11.5 Å². The predicted molar refractivity (Wildman–Crippen MR) is 607 cm³/mol. The van der Waals surface area contributed by atoms with Crippen molar-refractivity contribution in [2.75, 3.05) is 92.3 Å². The molecule has 12 aromatic rings. The van der Waals surface area contributed by atoms with Crippen molar-refractivity contribution in [2.24, 2.45) is 47.3 Å². The number of carbonyl (C=O) groups excluding carboxylic acids is 4. The number of pyridine rings is 1. The Kier molecular flexibility index (Phi) is 30.0. The summed E-state index contributed by atoms with van der Waals surface area (Å²) in [5.41, 5.74) is 31.9. The molecule has 150 heavy (non-hydrogen) atoms. The first-order valence-electron chi connectivity index (χ1n) is 57.2. The van der Waals surface area contributed by atoms with Gasteiger partial charge in [0.15, 0.2) is 0 Å². The largest absolute Gasteiger partial charge is 0.497 e. The van der Waals surface area contributed by atoms with E-state index in [9.17, 15) is 19.2 Å². The SMILES string of the molecule is COc1cccc(-c2ccc(CCNC(=O)c3ccc4c(c3)[C@@]3(C)CCN(CC5CC5)[C@H](C4)[C@@H]3C)cc2)c1.C[C@H]1[C@H]2Cc3ccc(C(=O)NCCc4ccc(-c5ccc6c(c5)OCC6)cc4)cc3[C@@]1(C)CCN2CC1CC1.C[C@H]1[C@H]2Cc3ccc(C(=O)NCCc4ccc(-c5ccccc5)cc4)cc3[C@@]1(C)CCN2CC1CC1.Cc1ccc(-c2ccc(CCNC(=O)c3ccc4c(c3)[C@@]3(C)CCN(CC5CC5)[C@H](C4)[C@@H]3C)cc2)cn1. The van der Waals surface area contributed by atoms with E-state index in [2.05, 4.69) is 301 Å². The molecule has 5 aliphatic heterocycles. The standard InChI is InChI=1S/C35H40N2O2.C34H40N2O2.C33H39N3O.C33H38N2O/c1-23-32-20-29-11-12-30(19-31(29)35(23,2)15-17-37(32)22-25-3-4-25)34(38)36-16-13-24-5-7-26(8-6-24)28-10-9-27-14-18-39-33(27)21-28;1-23-32-21-28-13-14-29(20-31(28)34(23,2)16-18-36(32)22-25-7-8-25)33(37)35-17-15-24-9-11-26(12-10-24)27-5-4-6-30(19-27)38-3;1-22-4-9-29(20-35-22)26-10-7-24(8-11-26)14-16-34-32(37)28-13-12-27-19-31-23(2)33(3,30(27)18-28)15-17-36(31)21-25-5-6-25;1-23-31-21-28-14-15-29(20-30(28)33(23,2)17-19-35(31)22-25-8-9-25)32(36)34-18-16-24-10-12-27(13-11-24)26-6-4-3-5-7-26/h5-12,19,21,23,25,32H,3-4,13-18,20,22H2,1-2H3,(H,36,38);4-6,9-14,19-20,23,25,32H,7-8,15-18,21-22H2,1-3H3,(H,35,37);4,7-13,18,20,23,25,31H,5-6,14-17,19,21H2,1-3H3,(H,34,37);3-7,10-15,20,23,25,31H,8-9,16-19,21-22H2,1-2H3,(H,34,36)/t23-,32+,35-;23-,32+,34-;2*23-,31+,33-/m0000/s1. The topological polar surface area (TPSA) is 161 Å². The molecular weight excluding hydrogens is 1840 g/mol. The summed E-state index contributed by atoms with van der Waals surface area (Å²) < 4.78 is 11.1. The predicted octanol–water partition coefficient (Wildman–Crippen LogP) is 24.7. The van der Waals surface area contributed by atoms with Crippen LogP contribution in [0.2, 0.25) is 0 Å². The van der Waals surface area contributed by atoms with Crippen LogP contribution >= 0.6 is 0 Å². The molecule has 4 saturated heterocycles. The molecule has 25 rings (SSSR count). The molecule has 0 spiro atoms. The fourth-order valence-corrected chi connectivity index (χ4v) is 27.4. The quantitative estimate of drug-likeness (QED) is 0.0353. The first kappa shape index (κ1) is 102. The number of methoxy groups -OCH3 is 1. The van der Waals surface area contributed by atoms with Gasteiger partial charge in [-0.25, -0.2) is 0 Å². The summed E-state index contributed by atoms with van der Waals surface area (Å²) >= 11 is 0. The van der Waals surface area contributed by atoms with Crippen LogP contribution in [0.25, 0.3) is 44.5 Å². The Hall–Kier alpha value is -12.1. The second kappa shape index (κ2) is 43.9. The van der Waals surface area contributed by atoms with Gasteiger partial charge in [0.25, 0.3) is 23.6 Å². The van der Waals surface area contributed by atoms with E-state index in [1.807, 2.05) is 67.7 Å². The maximum Gasteiger partial charge on any atom is 0.251 e. The van der Waals surface area contributed by atoms with Crippen molar-refractivity contribution in [2.45, 2.75) is 243 Å². The molecule has 13 aliphatic rings. The fourth-order valence-electron chi connectivity index (χ4n) is 27.4. The van der Waals surface area contributed by atoms with Gasteiger partial charge in [-0.05, 0) is 415 Å². The van der Waals surface area contributed by atoms with Gasteiger partial charge in [-0.2, -0.15) is 0 Å². The minimum atomic E-state index is 0.0327. The van der Waals surface area contributed by atoms with Crippen LogP contribution in [0, 0.1) is 54.3 Å². The second-order valence-electron chi connectivity index (χ2n) is 48.2. The van der Waals surface area contributed by atoms with Crippen LogP contribution in [0.3, 0.4) is 0 Å². The summed E-state index contributed by atoms with van der Waals surface area (Å²) in [6, 6.07) is 92.2. The van der Waals surface area contributed by atoms with E-state index in [-0.39, 0.29) is 45.3 Å². The van der Waals surface area contributed by atoms with Crippen LogP contribution in [0.1, 0.15) is 252 Å². The molecule has 0 unspecified atom stereocenters. The van der Waals surface area contributed by atoms with Crippen LogP contribution in [0.5, 0.6) is 11.5 Å². The summed E-state index contributed by atoms with van der Waals surface area (Å²) in [5, 5.41) is 12.7. The molecule has 15 nitrogen and oxygen atoms in total. The van der Waals surface area contributed by atoms with E-state index in [1.54, 1.807) is 7.11 Å². The summed E-state index contributed by atoms with van der Waals surface area (Å²) in [6.07, 6.45) is 26.8. The minimum absolute atomic E-state index is 0.0327. The molecule has 15 heteroatoms. The second-order valence-corrected chi connectivity index (χ2v) is 48.2. The highest BCUT2D eigenvalue weighted by Crippen LogP contribution is 2.55. The number of piperidine rings is 4. The van der Waals surface area contributed by atoms with Gasteiger partial charge in [-0.15, -0.1) is 0 Å². The van der Waals surface area contributed by atoms with Crippen molar-refractivity contribution in [1.82, 2.24) is 45.9 Å². The zero-order chi connectivity index (χ0) is 103. The molecule has 0 radical (unpaired) electrons. The van der Waals surface area contributed by atoms with Crippen molar-refractivity contribution < 1.29 is 28.7 Å². The molecule has 8 bridgehead atoms. The van der Waals surface area contributed by atoms with Gasteiger partial charge >= 0.3 is 0 Å². The lowest BCUT2D eigenvalue weighted by Gasteiger charge is -2.55. The number of hydrogen-bond donors (Lipinski definition) is 4. The number of ether oxygens (including phenoxy) is 2. The van der Waals surface area contributed by atoms with E-state index < -0.39 is 0 Å². The number of rotatable bonds is 29. The monoisotopic (exact) mass is 2000 g/mol. The molecule has 4 saturated carbocycles. The number of aryl methyl sites for hydroxylation is 1. The zero-order valence-electron chi connectivity index (χ0n) is 90.5. The maximum absolute atomic E-state index is 13.2. The van der Waals surface area contributed by atoms with Gasteiger partial charge in [-0.1, -0.05) is 237 Å². The molecule has 778 valence electrons. The lowest BCUT2D eigenvalue weighted by molar-refractivity contribution is 0.0283. The average molecular weight is 2000 g/mol. The Morgan fingerprint density at radius 3 is 0.947 bits per heavy atom. The third-order valence-corrected chi connectivity index (χ3v) is 38.7. The number of carbonyl (C=O) groups is 4. The highest BCUT2D eigenvalue weighted by Gasteiger charge is 2.54. The number of nitrogens with one attached hydrogen (secondary N) is 4. The lowest BCUT2D eigenvalue weighted by Crippen LogP contribution is -2.58. The molecule has 6 heterocycles. The molecular formula is C135H157N9O6. The Labute approximate surface area is 892 Å². The van der Waals surface area contributed by atoms with E-state index in [0.717, 1.165) is 150 Å². The fraction of sp³-hybridized carbons (Fsp3) is 0.444. The van der Waals surface area contributed by atoms with Crippen molar-refractivity contribution >= 4 is 23.6 Å². The number of hydrogen-bond acceptors (Lipinski definition) is 11. The zero-order valence-corrected chi connectivity index (χ0v) is 90.5. The van der Waals surface area contributed by atoms with Gasteiger partial charge in [-0.3, -0.25) is 43.8 Å². The van der Waals surface area contributed by atoms with Gasteiger partial charge in [0, 0.05) is 123 Å². The number of amides is 4. The van der Waals surface area contributed by atoms with Crippen LogP contribution in [0.15, 0.2) is 261 Å². The Morgan fingerprint density at radius 2 is 0.627 bits per heavy atom. The van der Waals surface area contributed by atoms with Gasteiger partial charge < -0.3 is 30.7 Å². The Morgan fingerprint density at radius 1 is 0.333 bits per heavy atom. The van der Waals surface area contributed by atoms with E-state index in [0.29, 0.717) is 74.0 Å². The molecule has 4 N–H and O–H groups in total. The Balaban J connectivity index is 0.000000113. The molecule has 1 aromatic heterocycles. The van der Waals surface area contributed by atoms with E-state index in [1.165, 1.54) is 224 Å². The molecule has 8 aliphatic carbocycles. The lowest BCUT2D eigenvalue weighted by atomic mass is 9.59.